The minimum Gasteiger partial charge on any atom is -0.326 e. The number of hydrogen-bond acceptors (Lipinski definition) is 2. The van der Waals surface area contributed by atoms with Crippen molar-refractivity contribution in [2.45, 2.75) is 32.4 Å². The SMILES string of the molecule is CCC[C@@H]1NC(=O)N(Cc2c(F)cccc2Cl)C1=O. The van der Waals surface area contributed by atoms with Crippen molar-refractivity contribution in [3.8, 4) is 0 Å². The number of imide groups is 1. The third kappa shape index (κ3) is 2.71. The minimum atomic E-state index is -0.521. The monoisotopic (exact) mass is 284 g/mol. The van der Waals surface area contributed by atoms with Crippen molar-refractivity contribution in [2.75, 3.05) is 0 Å². The summed E-state index contributed by atoms with van der Waals surface area (Å²) in [6, 6.07) is 3.25. The zero-order chi connectivity index (χ0) is 14.0. The molecule has 3 amide bonds. The van der Waals surface area contributed by atoms with Crippen LogP contribution >= 0.6 is 11.6 Å². The van der Waals surface area contributed by atoms with Crippen LogP contribution in [0.25, 0.3) is 0 Å². The highest BCUT2D eigenvalue weighted by molar-refractivity contribution is 6.31. The number of nitrogens with one attached hydrogen (secondary N) is 1. The fourth-order valence-corrected chi connectivity index (χ4v) is 2.28. The van der Waals surface area contributed by atoms with Crippen LogP contribution in [0.1, 0.15) is 25.3 Å². The highest BCUT2D eigenvalue weighted by atomic mass is 35.5. The first-order valence-corrected chi connectivity index (χ1v) is 6.47. The molecule has 0 aliphatic carbocycles. The molecule has 0 saturated carbocycles. The summed E-state index contributed by atoms with van der Waals surface area (Å²) in [6.45, 7) is 1.78. The molecule has 1 saturated heterocycles. The molecule has 0 spiro atoms. The second-order valence-electron chi connectivity index (χ2n) is 4.42. The molecule has 102 valence electrons. The molecule has 1 aliphatic rings. The van der Waals surface area contributed by atoms with Crippen LogP contribution < -0.4 is 5.32 Å². The predicted octanol–water partition coefficient (Wildman–Crippen LogP) is 2.70. The number of benzene rings is 1. The van der Waals surface area contributed by atoms with Gasteiger partial charge in [0.05, 0.1) is 6.54 Å². The highest BCUT2D eigenvalue weighted by Crippen LogP contribution is 2.23. The molecule has 1 aromatic carbocycles. The summed E-state index contributed by atoms with van der Waals surface area (Å²) >= 11 is 5.89. The van der Waals surface area contributed by atoms with Crippen LogP contribution in [0.2, 0.25) is 5.02 Å². The second kappa shape index (κ2) is 5.57. The number of halogens is 2. The van der Waals surface area contributed by atoms with E-state index in [2.05, 4.69) is 5.32 Å². The second-order valence-corrected chi connectivity index (χ2v) is 4.82. The summed E-state index contributed by atoms with van der Waals surface area (Å²) in [4.78, 5) is 24.7. The number of amides is 3. The highest BCUT2D eigenvalue weighted by Gasteiger charge is 2.37. The number of hydrogen-bond donors (Lipinski definition) is 1. The predicted molar refractivity (Wildman–Crippen MR) is 69.2 cm³/mol. The van der Waals surface area contributed by atoms with Gasteiger partial charge in [0, 0.05) is 10.6 Å². The number of urea groups is 1. The third-order valence-electron chi connectivity index (χ3n) is 3.06. The van der Waals surface area contributed by atoms with Crippen molar-refractivity contribution >= 4 is 23.5 Å². The Balaban J connectivity index is 2.19. The lowest BCUT2D eigenvalue weighted by Gasteiger charge is -2.14. The van der Waals surface area contributed by atoms with Crippen molar-refractivity contribution in [3.05, 3.63) is 34.6 Å². The zero-order valence-electron chi connectivity index (χ0n) is 10.5. The number of rotatable bonds is 4. The van der Waals surface area contributed by atoms with E-state index in [-0.39, 0.29) is 23.0 Å². The Bertz CT molecular complexity index is 501. The summed E-state index contributed by atoms with van der Waals surface area (Å²) in [6.07, 6.45) is 1.36. The maximum atomic E-state index is 13.6. The van der Waals surface area contributed by atoms with Gasteiger partial charge in [-0.05, 0) is 18.6 Å². The van der Waals surface area contributed by atoms with Gasteiger partial charge in [0.2, 0.25) is 0 Å². The van der Waals surface area contributed by atoms with Gasteiger partial charge in [0.15, 0.2) is 0 Å². The van der Waals surface area contributed by atoms with E-state index >= 15 is 0 Å². The maximum absolute atomic E-state index is 13.6. The van der Waals surface area contributed by atoms with Crippen LogP contribution in [0.3, 0.4) is 0 Å². The van der Waals surface area contributed by atoms with Crippen LogP contribution in [-0.4, -0.2) is 22.9 Å². The van der Waals surface area contributed by atoms with Gasteiger partial charge in [-0.15, -0.1) is 0 Å². The van der Waals surface area contributed by atoms with E-state index in [0.29, 0.717) is 6.42 Å². The maximum Gasteiger partial charge on any atom is 0.325 e. The Hall–Kier alpha value is -1.62. The van der Waals surface area contributed by atoms with Gasteiger partial charge in [-0.25, -0.2) is 9.18 Å². The summed E-state index contributed by atoms with van der Waals surface area (Å²) in [7, 11) is 0. The van der Waals surface area contributed by atoms with Crippen molar-refractivity contribution in [3.63, 3.8) is 0 Å². The summed E-state index contributed by atoms with van der Waals surface area (Å²) < 4.78 is 13.6. The molecule has 1 atom stereocenters. The van der Waals surface area contributed by atoms with Crippen LogP contribution in [0, 0.1) is 5.82 Å². The van der Waals surface area contributed by atoms with Gasteiger partial charge in [-0.3, -0.25) is 9.69 Å². The number of nitrogens with zero attached hydrogens (tertiary/aromatic N) is 1. The van der Waals surface area contributed by atoms with Crippen LogP contribution in [-0.2, 0) is 11.3 Å². The van der Waals surface area contributed by atoms with Gasteiger partial charge in [0.1, 0.15) is 11.9 Å². The first-order valence-electron chi connectivity index (χ1n) is 6.09. The van der Waals surface area contributed by atoms with Crippen LogP contribution in [0.15, 0.2) is 18.2 Å². The van der Waals surface area contributed by atoms with Gasteiger partial charge >= 0.3 is 6.03 Å². The Morgan fingerprint density at radius 2 is 2.16 bits per heavy atom. The molecule has 1 heterocycles. The van der Waals surface area contributed by atoms with Crippen molar-refractivity contribution in [2.24, 2.45) is 0 Å². The lowest BCUT2D eigenvalue weighted by Crippen LogP contribution is -2.31. The first-order chi connectivity index (χ1) is 9.04. The van der Waals surface area contributed by atoms with Crippen LogP contribution in [0.5, 0.6) is 0 Å². The average molecular weight is 285 g/mol. The summed E-state index contributed by atoms with van der Waals surface area (Å²) in [5, 5.41) is 2.79. The summed E-state index contributed by atoms with van der Waals surface area (Å²) in [5.74, 6) is -0.849. The molecule has 1 N–H and O–H groups in total. The van der Waals surface area contributed by atoms with E-state index in [0.717, 1.165) is 11.3 Å². The van der Waals surface area contributed by atoms with Crippen molar-refractivity contribution in [1.29, 1.82) is 0 Å². The molecule has 1 fully saturated rings. The van der Waals surface area contributed by atoms with Gasteiger partial charge in [0.25, 0.3) is 5.91 Å². The van der Waals surface area contributed by atoms with Gasteiger partial charge in [-0.2, -0.15) is 0 Å². The largest absolute Gasteiger partial charge is 0.326 e. The van der Waals surface area contributed by atoms with E-state index in [1.165, 1.54) is 18.2 Å². The van der Waals surface area contributed by atoms with E-state index in [4.69, 9.17) is 11.6 Å². The molecule has 4 nitrogen and oxygen atoms in total. The Kier molecular flexibility index (Phi) is 4.04. The first kappa shape index (κ1) is 13.8. The van der Waals surface area contributed by atoms with Crippen LogP contribution in [0.4, 0.5) is 9.18 Å². The molecule has 0 unspecified atom stereocenters. The van der Waals surface area contributed by atoms with Crippen molar-refractivity contribution in [1.82, 2.24) is 10.2 Å². The average Bonchev–Trinajstić information content (AvgIpc) is 2.61. The molecule has 2 rings (SSSR count). The van der Waals surface area contributed by atoms with Gasteiger partial charge in [-0.1, -0.05) is 31.0 Å². The zero-order valence-corrected chi connectivity index (χ0v) is 11.2. The quantitative estimate of drug-likeness (QED) is 0.864. The molecule has 1 aliphatic heterocycles. The van der Waals surface area contributed by atoms with Crippen molar-refractivity contribution < 1.29 is 14.0 Å². The fraction of sp³-hybridized carbons (Fsp3) is 0.385. The Labute approximate surface area is 115 Å². The minimum absolute atomic E-state index is 0.142. The topological polar surface area (TPSA) is 49.4 Å². The number of carbonyl (C=O) groups excluding carboxylic acids is 2. The smallest absolute Gasteiger partial charge is 0.325 e. The molecule has 1 aromatic rings. The Morgan fingerprint density at radius 3 is 2.79 bits per heavy atom. The molecular weight excluding hydrogens is 271 g/mol. The standard InChI is InChI=1S/C13H14ClFN2O2/c1-2-4-11-12(18)17(13(19)16-11)7-8-9(14)5-3-6-10(8)15/h3,5-6,11H,2,4,7H2,1H3,(H,16,19)/t11-/m0/s1. The third-order valence-corrected chi connectivity index (χ3v) is 3.42. The van der Waals surface area contributed by atoms with E-state index < -0.39 is 17.9 Å². The summed E-state index contributed by atoms with van der Waals surface area (Å²) in [5.41, 5.74) is 0.157. The lowest BCUT2D eigenvalue weighted by molar-refractivity contribution is -0.128. The molecule has 0 aromatic heterocycles. The molecular formula is C13H14ClFN2O2. The normalized spacial score (nSPS) is 18.9. The van der Waals surface area contributed by atoms with E-state index in [1.807, 2.05) is 6.92 Å². The molecule has 0 bridgehead atoms. The molecule has 0 radical (unpaired) electrons. The molecule has 6 heteroatoms. The van der Waals surface area contributed by atoms with Gasteiger partial charge < -0.3 is 5.32 Å². The lowest BCUT2D eigenvalue weighted by atomic mass is 10.1. The Morgan fingerprint density at radius 1 is 1.42 bits per heavy atom. The fourth-order valence-electron chi connectivity index (χ4n) is 2.05. The van der Waals surface area contributed by atoms with E-state index in [1.54, 1.807) is 0 Å². The number of carbonyl (C=O) groups is 2. The van der Waals surface area contributed by atoms with E-state index in [9.17, 15) is 14.0 Å². The molecule has 19 heavy (non-hydrogen) atoms.